The van der Waals surface area contributed by atoms with E-state index in [4.69, 9.17) is 5.11 Å². The lowest BCUT2D eigenvalue weighted by molar-refractivity contribution is -0.136. The van der Waals surface area contributed by atoms with Crippen molar-refractivity contribution in [2.75, 3.05) is 26.2 Å². The second kappa shape index (κ2) is 6.75. The number of hydrogen-bond donors (Lipinski definition) is 2. The van der Waals surface area contributed by atoms with Gasteiger partial charge < -0.3 is 15.3 Å². The molecule has 0 bridgehead atoms. The molecule has 1 saturated heterocycles. The minimum atomic E-state index is -2.56. The van der Waals surface area contributed by atoms with Gasteiger partial charge in [-0.1, -0.05) is 6.42 Å². The fourth-order valence-corrected chi connectivity index (χ4v) is 1.86. The number of nitrogens with one attached hydrogen (secondary N) is 1. The number of alkyl halides is 2. The molecule has 1 fully saturated rings. The number of aliphatic hydroxyl groups excluding tert-OH is 1. The van der Waals surface area contributed by atoms with Gasteiger partial charge in [0.2, 0.25) is 5.91 Å². The van der Waals surface area contributed by atoms with Crippen LogP contribution in [0.4, 0.5) is 8.78 Å². The van der Waals surface area contributed by atoms with Gasteiger partial charge in [-0.25, -0.2) is 8.78 Å². The molecule has 0 saturated carbocycles. The molecular weight excluding hydrogens is 218 g/mol. The topological polar surface area (TPSA) is 52.6 Å². The minimum absolute atomic E-state index is 0.0264. The van der Waals surface area contributed by atoms with Crippen molar-refractivity contribution in [1.29, 1.82) is 0 Å². The Balaban J connectivity index is 2.50. The summed E-state index contributed by atoms with van der Waals surface area (Å²) in [5.41, 5.74) is 0. The molecule has 0 aromatic carbocycles. The number of amides is 1. The Kier molecular flexibility index (Phi) is 5.62. The normalized spacial score (nSPS) is 21.1. The van der Waals surface area contributed by atoms with Crippen molar-refractivity contribution in [3.8, 4) is 0 Å². The van der Waals surface area contributed by atoms with Crippen LogP contribution in [0.25, 0.3) is 0 Å². The molecule has 1 rings (SSSR count). The summed E-state index contributed by atoms with van der Waals surface area (Å²) in [5, 5.41) is 11.8. The van der Waals surface area contributed by atoms with Gasteiger partial charge in [0.1, 0.15) is 0 Å². The molecule has 0 spiro atoms. The molecule has 1 atom stereocenters. The molecule has 0 aliphatic carbocycles. The number of rotatable bonds is 5. The van der Waals surface area contributed by atoms with E-state index in [0.717, 1.165) is 24.3 Å². The lowest BCUT2D eigenvalue weighted by Gasteiger charge is -2.29. The van der Waals surface area contributed by atoms with Gasteiger partial charge in [-0.2, -0.15) is 0 Å². The number of halogens is 2. The van der Waals surface area contributed by atoms with Gasteiger partial charge in [-0.3, -0.25) is 4.79 Å². The van der Waals surface area contributed by atoms with Crippen LogP contribution in [-0.4, -0.2) is 54.6 Å². The molecule has 0 aromatic rings. The molecular formula is C10H18F2N2O2. The van der Waals surface area contributed by atoms with Gasteiger partial charge in [-0.05, 0) is 19.4 Å². The highest BCUT2D eigenvalue weighted by atomic mass is 19.3. The van der Waals surface area contributed by atoms with E-state index < -0.39 is 13.0 Å². The smallest absolute Gasteiger partial charge is 0.255 e. The number of hydrogen-bond acceptors (Lipinski definition) is 3. The molecule has 4 nitrogen and oxygen atoms in total. The largest absolute Gasteiger partial charge is 0.395 e. The van der Waals surface area contributed by atoms with Crippen LogP contribution in [0.2, 0.25) is 0 Å². The molecule has 0 aromatic heterocycles. The van der Waals surface area contributed by atoms with Crippen molar-refractivity contribution in [3.05, 3.63) is 0 Å². The molecule has 1 aliphatic rings. The molecule has 6 heteroatoms. The second-order valence-electron chi connectivity index (χ2n) is 3.90. The van der Waals surface area contributed by atoms with Crippen LogP contribution in [0.1, 0.15) is 19.3 Å². The van der Waals surface area contributed by atoms with E-state index in [-0.39, 0.29) is 25.1 Å². The molecule has 16 heavy (non-hydrogen) atoms. The maximum Gasteiger partial charge on any atom is 0.255 e. The highest BCUT2D eigenvalue weighted by Gasteiger charge is 2.26. The van der Waals surface area contributed by atoms with Crippen LogP contribution in [0.3, 0.4) is 0 Å². The number of aliphatic hydroxyl groups is 1. The van der Waals surface area contributed by atoms with E-state index in [1.807, 2.05) is 0 Å². The maximum atomic E-state index is 12.2. The van der Waals surface area contributed by atoms with Gasteiger partial charge in [0.05, 0.1) is 19.2 Å². The van der Waals surface area contributed by atoms with Crippen molar-refractivity contribution in [2.45, 2.75) is 31.7 Å². The van der Waals surface area contributed by atoms with Gasteiger partial charge in [0.25, 0.3) is 6.43 Å². The Morgan fingerprint density at radius 2 is 2.25 bits per heavy atom. The van der Waals surface area contributed by atoms with Gasteiger partial charge in [0, 0.05) is 6.54 Å². The summed E-state index contributed by atoms with van der Waals surface area (Å²) in [4.78, 5) is 12.9. The average Bonchev–Trinajstić information content (AvgIpc) is 2.28. The summed E-state index contributed by atoms with van der Waals surface area (Å²) in [6, 6.07) is -0.362. The number of piperidine rings is 1. The molecule has 0 unspecified atom stereocenters. The fraction of sp³-hybridized carbons (Fsp3) is 0.900. The van der Waals surface area contributed by atoms with Gasteiger partial charge >= 0.3 is 0 Å². The van der Waals surface area contributed by atoms with E-state index in [9.17, 15) is 13.6 Å². The SMILES string of the molecule is O=C([C@H]1CCCCN1)N(CCO)CC(F)F. The van der Waals surface area contributed by atoms with Crippen LogP contribution < -0.4 is 5.32 Å². The fourth-order valence-electron chi connectivity index (χ4n) is 1.86. The van der Waals surface area contributed by atoms with E-state index in [1.165, 1.54) is 0 Å². The molecule has 1 amide bonds. The minimum Gasteiger partial charge on any atom is -0.395 e. The summed E-state index contributed by atoms with van der Waals surface area (Å²) in [5.74, 6) is -0.325. The van der Waals surface area contributed by atoms with Crippen molar-refractivity contribution < 1.29 is 18.7 Å². The quantitative estimate of drug-likeness (QED) is 0.717. The van der Waals surface area contributed by atoms with E-state index >= 15 is 0 Å². The summed E-state index contributed by atoms with van der Waals surface area (Å²) in [7, 11) is 0. The first-order chi connectivity index (χ1) is 7.65. The number of carbonyl (C=O) groups is 1. The first kappa shape index (κ1) is 13.3. The zero-order valence-electron chi connectivity index (χ0n) is 9.16. The zero-order valence-corrected chi connectivity index (χ0v) is 9.16. The number of nitrogens with zero attached hydrogens (tertiary/aromatic N) is 1. The van der Waals surface area contributed by atoms with Crippen molar-refractivity contribution in [1.82, 2.24) is 10.2 Å². The standard InChI is InChI=1S/C10H18F2N2O2/c11-9(12)7-14(5-6-15)10(16)8-3-1-2-4-13-8/h8-9,13,15H,1-7H2/t8-/m1/s1. The Morgan fingerprint density at radius 1 is 1.50 bits per heavy atom. The van der Waals surface area contributed by atoms with Crippen LogP contribution >= 0.6 is 0 Å². The first-order valence-corrected chi connectivity index (χ1v) is 5.56. The van der Waals surface area contributed by atoms with Gasteiger partial charge in [0.15, 0.2) is 0 Å². The van der Waals surface area contributed by atoms with Crippen molar-refractivity contribution in [2.24, 2.45) is 0 Å². The molecule has 1 heterocycles. The lowest BCUT2D eigenvalue weighted by atomic mass is 10.0. The zero-order chi connectivity index (χ0) is 12.0. The lowest BCUT2D eigenvalue weighted by Crippen LogP contribution is -2.50. The first-order valence-electron chi connectivity index (χ1n) is 5.56. The van der Waals surface area contributed by atoms with Gasteiger partial charge in [-0.15, -0.1) is 0 Å². The highest BCUT2D eigenvalue weighted by Crippen LogP contribution is 2.10. The summed E-state index contributed by atoms with van der Waals surface area (Å²) < 4.78 is 24.5. The molecule has 0 radical (unpaired) electrons. The summed E-state index contributed by atoms with van der Waals surface area (Å²) >= 11 is 0. The molecule has 2 N–H and O–H groups in total. The van der Waals surface area contributed by atoms with E-state index in [0.29, 0.717) is 6.42 Å². The van der Waals surface area contributed by atoms with Crippen LogP contribution in [0.5, 0.6) is 0 Å². The second-order valence-corrected chi connectivity index (χ2v) is 3.90. The predicted octanol–water partition coefficient (Wildman–Crippen LogP) is 0.214. The Bertz CT molecular complexity index is 221. The van der Waals surface area contributed by atoms with Crippen LogP contribution in [-0.2, 0) is 4.79 Å². The highest BCUT2D eigenvalue weighted by molar-refractivity contribution is 5.82. The Hall–Kier alpha value is -0.750. The summed E-state index contributed by atoms with van der Waals surface area (Å²) in [6.45, 7) is -0.165. The predicted molar refractivity (Wildman–Crippen MR) is 55.3 cm³/mol. The average molecular weight is 236 g/mol. The third kappa shape index (κ3) is 4.02. The summed E-state index contributed by atoms with van der Waals surface area (Å²) in [6.07, 6.45) is 0.0762. The third-order valence-corrected chi connectivity index (χ3v) is 2.65. The van der Waals surface area contributed by atoms with E-state index in [1.54, 1.807) is 0 Å². The maximum absolute atomic E-state index is 12.2. The van der Waals surface area contributed by atoms with E-state index in [2.05, 4.69) is 5.32 Å². The molecule has 94 valence electrons. The number of carbonyl (C=O) groups excluding carboxylic acids is 1. The van der Waals surface area contributed by atoms with Crippen molar-refractivity contribution in [3.63, 3.8) is 0 Å². The van der Waals surface area contributed by atoms with Crippen molar-refractivity contribution >= 4 is 5.91 Å². The molecule has 1 aliphatic heterocycles. The van der Waals surface area contributed by atoms with Crippen LogP contribution in [0.15, 0.2) is 0 Å². The van der Waals surface area contributed by atoms with Crippen LogP contribution in [0, 0.1) is 0 Å². The third-order valence-electron chi connectivity index (χ3n) is 2.65. The Morgan fingerprint density at radius 3 is 2.75 bits per heavy atom. The monoisotopic (exact) mass is 236 g/mol. The Labute approximate surface area is 93.6 Å².